The first-order valence-corrected chi connectivity index (χ1v) is 8.54. The second-order valence-electron chi connectivity index (χ2n) is 6.00. The molecule has 2 atom stereocenters. The molecule has 1 aromatic rings. The number of hydrogen-bond donors (Lipinski definition) is 2. The molecule has 2 N–H and O–H groups in total. The average molecular weight is 331 g/mol. The Kier molecular flexibility index (Phi) is 7.00. The molecule has 1 aliphatic rings. The van der Waals surface area contributed by atoms with Gasteiger partial charge in [0.2, 0.25) is 0 Å². The predicted octanol–water partition coefficient (Wildman–Crippen LogP) is 2.60. The standard InChI is InChI=1S/C19H25NO4/c1-2-3-4-6-11-15-12-17(24-19(15)23)16(13-21)20-18(22)14-9-7-5-8-10-14/h5,7-10,12,16-17,21H,2-4,6,11,13H2,1H3,(H,20,22)/t16-,17+/m0/s1. The van der Waals surface area contributed by atoms with Crippen molar-refractivity contribution in [1.82, 2.24) is 5.32 Å². The average Bonchev–Trinajstić information content (AvgIpc) is 2.98. The Hall–Kier alpha value is -2.14. The summed E-state index contributed by atoms with van der Waals surface area (Å²) >= 11 is 0. The molecule has 0 bridgehead atoms. The van der Waals surface area contributed by atoms with Crippen molar-refractivity contribution in [2.24, 2.45) is 0 Å². The molecule has 24 heavy (non-hydrogen) atoms. The summed E-state index contributed by atoms with van der Waals surface area (Å²) in [6.45, 7) is 1.84. The molecule has 5 nitrogen and oxygen atoms in total. The first-order chi connectivity index (χ1) is 11.7. The van der Waals surface area contributed by atoms with Crippen molar-refractivity contribution in [3.8, 4) is 0 Å². The zero-order chi connectivity index (χ0) is 17.4. The highest BCUT2D eigenvalue weighted by Gasteiger charge is 2.32. The van der Waals surface area contributed by atoms with Crippen LogP contribution in [0.15, 0.2) is 42.0 Å². The monoisotopic (exact) mass is 331 g/mol. The van der Waals surface area contributed by atoms with Gasteiger partial charge in [-0.25, -0.2) is 4.79 Å². The second-order valence-corrected chi connectivity index (χ2v) is 6.00. The molecule has 130 valence electrons. The normalized spacial score (nSPS) is 18.0. The van der Waals surface area contributed by atoms with Crippen LogP contribution < -0.4 is 5.32 Å². The summed E-state index contributed by atoms with van der Waals surface area (Å²) in [5, 5.41) is 12.3. The van der Waals surface area contributed by atoms with Crippen molar-refractivity contribution < 1.29 is 19.4 Å². The van der Waals surface area contributed by atoms with Crippen molar-refractivity contribution >= 4 is 11.9 Å². The molecular weight excluding hydrogens is 306 g/mol. The van der Waals surface area contributed by atoms with Crippen molar-refractivity contribution in [3.05, 3.63) is 47.5 Å². The Bertz CT molecular complexity index is 582. The molecule has 1 heterocycles. The number of carbonyl (C=O) groups is 2. The zero-order valence-corrected chi connectivity index (χ0v) is 14.0. The van der Waals surface area contributed by atoms with E-state index in [4.69, 9.17) is 4.74 Å². The lowest BCUT2D eigenvalue weighted by Crippen LogP contribution is -2.45. The lowest BCUT2D eigenvalue weighted by atomic mass is 10.0. The summed E-state index contributed by atoms with van der Waals surface area (Å²) in [6.07, 6.45) is 6.13. The SMILES string of the molecule is CCCCCCC1=C[C@H]([C@H](CO)NC(=O)c2ccccc2)OC1=O. The summed E-state index contributed by atoms with van der Waals surface area (Å²) in [5.74, 6) is -0.639. The van der Waals surface area contributed by atoms with Crippen molar-refractivity contribution in [3.63, 3.8) is 0 Å². The van der Waals surface area contributed by atoms with Crippen LogP contribution >= 0.6 is 0 Å². The van der Waals surface area contributed by atoms with Gasteiger partial charge in [-0.3, -0.25) is 4.79 Å². The quantitative estimate of drug-likeness (QED) is 0.539. The minimum absolute atomic E-state index is 0.296. The number of nitrogens with one attached hydrogen (secondary N) is 1. The van der Waals surface area contributed by atoms with E-state index >= 15 is 0 Å². The molecule has 0 aromatic heterocycles. The lowest BCUT2D eigenvalue weighted by Gasteiger charge is -2.20. The Morgan fingerprint density at radius 1 is 1.25 bits per heavy atom. The van der Waals surface area contributed by atoms with E-state index in [1.54, 1.807) is 30.3 Å². The van der Waals surface area contributed by atoms with Crippen LogP contribution in [0.2, 0.25) is 0 Å². The maximum atomic E-state index is 12.2. The fourth-order valence-corrected chi connectivity index (χ4v) is 2.70. The smallest absolute Gasteiger partial charge is 0.334 e. The molecule has 2 rings (SSSR count). The number of hydrogen-bond acceptors (Lipinski definition) is 4. The number of aliphatic hydroxyl groups is 1. The van der Waals surface area contributed by atoms with E-state index in [0.29, 0.717) is 17.6 Å². The minimum Gasteiger partial charge on any atom is -0.452 e. The number of ether oxygens (including phenoxy) is 1. The number of amides is 1. The van der Waals surface area contributed by atoms with Crippen LogP contribution in [-0.4, -0.2) is 35.7 Å². The molecule has 1 aliphatic heterocycles. The third kappa shape index (κ3) is 4.93. The highest BCUT2D eigenvalue weighted by molar-refractivity contribution is 5.95. The van der Waals surface area contributed by atoms with Gasteiger partial charge < -0.3 is 15.2 Å². The molecule has 0 radical (unpaired) electrons. The highest BCUT2D eigenvalue weighted by atomic mass is 16.5. The number of cyclic esters (lactones) is 1. The Balaban J connectivity index is 1.94. The highest BCUT2D eigenvalue weighted by Crippen LogP contribution is 2.22. The van der Waals surface area contributed by atoms with Gasteiger partial charge in [0.15, 0.2) is 0 Å². The lowest BCUT2D eigenvalue weighted by molar-refractivity contribution is -0.141. The Morgan fingerprint density at radius 3 is 2.67 bits per heavy atom. The van der Waals surface area contributed by atoms with E-state index in [9.17, 15) is 14.7 Å². The zero-order valence-electron chi connectivity index (χ0n) is 14.0. The number of carbonyl (C=O) groups excluding carboxylic acids is 2. The fourth-order valence-electron chi connectivity index (χ4n) is 2.70. The maximum Gasteiger partial charge on any atom is 0.334 e. The van der Waals surface area contributed by atoms with Gasteiger partial charge >= 0.3 is 5.97 Å². The van der Waals surface area contributed by atoms with E-state index in [0.717, 1.165) is 25.7 Å². The Labute approximate surface area is 142 Å². The largest absolute Gasteiger partial charge is 0.452 e. The molecule has 1 aromatic carbocycles. The van der Waals surface area contributed by atoms with Crippen LogP contribution in [0.4, 0.5) is 0 Å². The predicted molar refractivity (Wildman–Crippen MR) is 91.5 cm³/mol. The molecule has 0 unspecified atom stereocenters. The van der Waals surface area contributed by atoms with E-state index in [1.807, 2.05) is 6.07 Å². The van der Waals surface area contributed by atoms with Crippen LogP contribution in [0, 0.1) is 0 Å². The van der Waals surface area contributed by atoms with E-state index < -0.39 is 12.1 Å². The van der Waals surface area contributed by atoms with Gasteiger partial charge in [0, 0.05) is 11.1 Å². The maximum absolute atomic E-state index is 12.2. The number of aliphatic hydroxyl groups excluding tert-OH is 1. The van der Waals surface area contributed by atoms with Gasteiger partial charge in [0.05, 0.1) is 12.6 Å². The molecule has 0 saturated heterocycles. The topological polar surface area (TPSA) is 75.6 Å². The Morgan fingerprint density at radius 2 is 2.00 bits per heavy atom. The van der Waals surface area contributed by atoms with E-state index in [1.165, 1.54) is 0 Å². The summed E-state index contributed by atoms with van der Waals surface area (Å²) < 4.78 is 5.31. The van der Waals surface area contributed by atoms with Crippen LogP contribution in [0.3, 0.4) is 0 Å². The number of esters is 1. The van der Waals surface area contributed by atoms with Gasteiger partial charge in [-0.2, -0.15) is 0 Å². The van der Waals surface area contributed by atoms with Crippen LogP contribution in [0.5, 0.6) is 0 Å². The molecule has 5 heteroatoms. The van der Waals surface area contributed by atoms with Crippen LogP contribution in [-0.2, 0) is 9.53 Å². The van der Waals surface area contributed by atoms with Crippen LogP contribution in [0.25, 0.3) is 0 Å². The molecule has 0 spiro atoms. The van der Waals surface area contributed by atoms with E-state index in [2.05, 4.69) is 12.2 Å². The molecule has 0 saturated carbocycles. The minimum atomic E-state index is -0.644. The number of rotatable bonds is 9. The number of benzene rings is 1. The fraction of sp³-hybridized carbons (Fsp3) is 0.474. The molecule has 0 aliphatic carbocycles. The van der Waals surface area contributed by atoms with Gasteiger partial charge in [-0.1, -0.05) is 44.4 Å². The third-order valence-corrected chi connectivity index (χ3v) is 4.12. The van der Waals surface area contributed by atoms with Gasteiger partial charge in [-0.05, 0) is 31.1 Å². The summed E-state index contributed by atoms with van der Waals surface area (Å²) in [4.78, 5) is 24.1. The van der Waals surface area contributed by atoms with Crippen LogP contribution in [0.1, 0.15) is 49.4 Å². The summed E-state index contributed by atoms with van der Waals surface area (Å²) in [7, 11) is 0. The first-order valence-electron chi connectivity index (χ1n) is 8.54. The van der Waals surface area contributed by atoms with Crippen molar-refractivity contribution in [1.29, 1.82) is 0 Å². The third-order valence-electron chi connectivity index (χ3n) is 4.12. The number of unbranched alkanes of at least 4 members (excludes halogenated alkanes) is 3. The van der Waals surface area contributed by atoms with Gasteiger partial charge in [-0.15, -0.1) is 0 Å². The van der Waals surface area contributed by atoms with E-state index in [-0.39, 0.29) is 18.5 Å². The molecule has 1 amide bonds. The second kappa shape index (κ2) is 9.23. The molecular formula is C19H25NO4. The van der Waals surface area contributed by atoms with Crippen molar-refractivity contribution in [2.75, 3.05) is 6.61 Å². The summed E-state index contributed by atoms with van der Waals surface area (Å²) in [6, 6.07) is 8.11. The summed E-state index contributed by atoms with van der Waals surface area (Å²) in [5.41, 5.74) is 1.15. The van der Waals surface area contributed by atoms with Crippen molar-refractivity contribution in [2.45, 2.75) is 51.2 Å². The molecule has 0 fully saturated rings. The first kappa shape index (κ1) is 18.2. The van der Waals surface area contributed by atoms with Gasteiger partial charge in [0.1, 0.15) is 6.10 Å². The van der Waals surface area contributed by atoms with Gasteiger partial charge in [0.25, 0.3) is 5.91 Å².